The van der Waals surface area contributed by atoms with Crippen molar-refractivity contribution in [3.8, 4) is 5.75 Å². The first-order valence-corrected chi connectivity index (χ1v) is 13.1. The molecule has 0 aliphatic carbocycles. The van der Waals surface area contributed by atoms with Crippen molar-refractivity contribution in [1.29, 1.82) is 0 Å². The van der Waals surface area contributed by atoms with Crippen LogP contribution in [0.1, 0.15) is 24.2 Å². The largest absolute Gasteiger partial charge is 0.494 e. The summed E-state index contributed by atoms with van der Waals surface area (Å²) in [5, 5.41) is 6.52. The first kappa shape index (κ1) is 27.5. The number of thiol groups is 1. The molecule has 1 saturated heterocycles. The number of aromatic nitrogens is 3. The molecule has 210 valence electrons. The molecule has 2 aromatic heterocycles. The maximum Gasteiger partial charge on any atom is 0.253 e. The van der Waals surface area contributed by atoms with Gasteiger partial charge in [-0.05, 0) is 38.1 Å². The summed E-state index contributed by atoms with van der Waals surface area (Å²) in [6, 6.07) is 9.62. The molecule has 3 heterocycles. The van der Waals surface area contributed by atoms with E-state index in [0.29, 0.717) is 34.6 Å². The molecule has 13 heteroatoms. The molecule has 0 bridgehead atoms. The fraction of sp³-hybridized carbons (Fsp3) is 0.296. The number of anilines is 5. The SMILES string of the molecule is COc1cc(N2CCN(C(C)C)CC2)ccc1Nc1nc(Nc2cc(F)cc(F)c2C(N)=O)c2ccn(S)c2n1. The molecule has 0 unspecified atom stereocenters. The zero-order valence-corrected chi connectivity index (χ0v) is 23.2. The van der Waals surface area contributed by atoms with Gasteiger partial charge >= 0.3 is 0 Å². The minimum absolute atomic E-state index is 0.164. The molecule has 0 radical (unpaired) electrons. The average molecular weight is 569 g/mol. The molecular formula is C27H30F2N8O2S. The Morgan fingerprint density at radius 3 is 2.48 bits per heavy atom. The summed E-state index contributed by atoms with van der Waals surface area (Å²) in [5.41, 5.74) is 6.79. The second kappa shape index (κ2) is 11.2. The van der Waals surface area contributed by atoms with Crippen molar-refractivity contribution in [1.82, 2.24) is 18.8 Å². The Kier molecular flexibility index (Phi) is 7.68. The van der Waals surface area contributed by atoms with Gasteiger partial charge in [0.15, 0.2) is 5.65 Å². The van der Waals surface area contributed by atoms with E-state index in [9.17, 15) is 13.6 Å². The summed E-state index contributed by atoms with van der Waals surface area (Å²) in [7, 11) is 1.58. The summed E-state index contributed by atoms with van der Waals surface area (Å²) >= 11 is 4.41. The minimum atomic E-state index is -1.08. The second-order valence-corrected chi connectivity index (χ2v) is 10.2. The van der Waals surface area contributed by atoms with E-state index in [-0.39, 0.29) is 17.5 Å². The van der Waals surface area contributed by atoms with Crippen molar-refractivity contribution in [3.63, 3.8) is 0 Å². The molecule has 5 rings (SSSR count). The molecule has 1 amide bonds. The molecule has 4 aromatic rings. The van der Waals surface area contributed by atoms with Gasteiger partial charge in [-0.1, -0.05) is 12.8 Å². The van der Waals surface area contributed by atoms with Crippen LogP contribution in [0.3, 0.4) is 0 Å². The third-order valence-corrected chi connectivity index (χ3v) is 7.24. The standard InChI is InChI=1S/C27H30F2N8O2S/c1-15(2)35-8-10-36(11-9-35)17-4-5-20(22(14-17)39-3)32-27-33-25(18-6-7-37(40)26(18)34-27)31-21-13-16(28)12-19(29)23(21)24(30)38/h4-7,12-15,40H,8-11H2,1-3H3,(H2,30,38)(H2,31,32,33,34). The number of primary amides is 1. The summed E-state index contributed by atoms with van der Waals surface area (Å²) in [6.45, 7) is 8.21. The number of hydrogen-bond donors (Lipinski definition) is 4. The number of fused-ring (bicyclic) bond motifs is 1. The van der Waals surface area contributed by atoms with Gasteiger partial charge in [0.1, 0.15) is 23.2 Å². The van der Waals surface area contributed by atoms with E-state index in [4.69, 9.17) is 10.5 Å². The molecule has 1 aliphatic rings. The maximum atomic E-state index is 14.4. The highest BCUT2D eigenvalue weighted by atomic mass is 32.1. The van der Waals surface area contributed by atoms with Gasteiger partial charge < -0.3 is 26.0 Å². The monoisotopic (exact) mass is 568 g/mol. The predicted molar refractivity (Wildman–Crippen MR) is 155 cm³/mol. The first-order valence-electron chi connectivity index (χ1n) is 12.7. The van der Waals surface area contributed by atoms with Gasteiger partial charge in [0.2, 0.25) is 5.95 Å². The van der Waals surface area contributed by atoms with Crippen molar-refractivity contribution < 1.29 is 18.3 Å². The van der Waals surface area contributed by atoms with Crippen LogP contribution >= 0.6 is 12.8 Å². The van der Waals surface area contributed by atoms with Gasteiger partial charge in [-0.25, -0.2) is 8.78 Å². The Morgan fingerprint density at radius 1 is 1.05 bits per heavy atom. The molecule has 0 atom stereocenters. The van der Waals surface area contributed by atoms with Crippen LogP contribution in [0, 0.1) is 11.6 Å². The number of carbonyl (C=O) groups is 1. The lowest BCUT2D eigenvalue weighted by atomic mass is 10.1. The van der Waals surface area contributed by atoms with Crippen molar-refractivity contribution >= 4 is 58.6 Å². The highest BCUT2D eigenvalue weighted by molar-refractivity contribution is 7.78. The smallest absolute Gasteiger partial charge is 0.253 e. The summed E-state index contributed by atoms with van der Waals surface area (Å²) < 4.78 is 35.6. The Bertz CT molecular complexity index is 1570. The third kappa shape index (κ3) is 5.47. The topological polar surface area (TPSA) is 114 Å². The van der Waals surface area contributed by atoms with Gasteiger partial charge in [-0.15, -0.1) is 0 Å². The molecule has 10 nitrogen and oxygen atoms in total. The van der Waals surface area contributed by atoms with Crippen LogP contribution in [0.2, 0.25) is 0 Å². The molecule has 4 N–H and O–H groups in total. The number of carbonyl (C=O) groups excluding carboxylic acids is 1. The van der Waals surface area contributed by atoms with Gasteiger partial charge in [0.05, 0.1) is 29.4 Å². The molecule has 0 spiro atoms. The summed E-state index contributed by atoms with van der Waals surface area (Å²) in [4.78, 5) is 25.8. The number of hydrogen-bond acceptors (Lipinski definition) is 9. The fourth-order valence-corrected chi connectivity index (χ4v) is 5.02. The van der Waals surface area contributed by atoms with Gasteiger partial charge in [-0.2, -0.15) is 9.97 Å². The lowest BCUT2D eigenvalue weighted by molar-refractivity contribution is 0.0997. The van der Waals surface area contributed by atoms with E-state index in [1.165, 1.54) is 3.97 Å². The minimum Gasteiger partial charge on any atom is -0.494 e. The molecule has 2 aromatic carbocycles. The number of methoxy groups -OCH3 is 1. The lowest BCUT2D eigenvalue weighted by Gasteiger charge is -2.38. The predicted octanol–water partition coefficient (Wildman–Crippen LogP) is 4.53. The van der Waals surface area contributed by atoms with E-state index in [1.54, 1.807) is 19.4 Å². The zero-order valence-electron chi connectivity index (χ0n) is 22.3. The van der Waals surface area contributed by atoms with E-state index in [0.717, 1.165) is 37.9 Å². The number of benzene rings is 2. The summed E-state index contributed by atoms with van der Waals surface area (Å²) in [5.74, 6) is -2.07. The number of nitrogens with zero attached hydrogens (tertiary/aromatic N) is 5. The number of nitrogens with two attached hydrogens (primary N) is 1. The highest BCUT2D eigenvalue weighted by Gasteiger charge is 2.22. The van der Waals surface area contributed by atoms with Crippen LogP contribution in [0.5, 0.6) is 5.75 Å². The van der Waals surface area contributed by atoms with E-state index in [1.807, 2.05) is 18.2 Å². The number of ether oxygens (including phenoxy) is 1. The zero-order chi connectivity index (χ0) is 28.6. The van der Waals surface area contributed by atoms with Gasteiger partial charge in [-0.3, -0.25) is 13.7 Å². The van der Waals surface area contributed by atoms with Crippen molar-refractivity contribution in [2.75, 3.05) is 48.8 Å². The van der Waals surface area contributed by atoms with Crippen LogP contribution < -0.4 is 26.0 Å². The number of halogens is 2. The Morgan fingerprint density at radius 2 is 1.80 bits per heavy atom. The fourth-order valence-electron chi connectivity index (χ4n) is 4.80. The Labute approximate surface area is 235 Å². The number of amides is 1. The third-order valence-electron chi connectivity index (χ3n) is 6.92. The van der Waals surface area contributed by atoms with E-state index < -0.39 is 23.1 Å². The van der Waals surface area contributed by atoms with Crippen LogP contribution in [-0.2, 0) is 0 Å². The van der Waals surface area contributed by atoms with Crippen molar-refractivity contribution in [2.24, 2.45) is 5.73 Å². The van der Waals surface area contributed by atoms with Crippen LogP contribution in [0.25, 0.3) is 11.0 Å². The number of nitrogens with one attached hydrogen (secondary N) is 2. The van der Waals surface area contributed by atoms with E-state index in [2.05, 4.69) is 57.1 Å². The Hall–Kier alpha value is -4.10. The normalized spacial score (nSPS) is 14.1. The molecule has 1 fully saturated rings. The quantitative estimate of drug-likeness (QED) is 0.230. The van der Waals surface area contributed by atoms with Crippen molar-refractivity contribution in [3.05, 3.63) is 59.8 Å². The highest BCUT2D eigenvalue weighted by Crippen LogP contribution is 2.34. The van der Waals surface area contributed by atoms with Crippen LogP contribution in [-0.4, -0.2) is 64.1 Å². The van der Waals surface area contributed by atoms with Gasteiger partial charge in [0, 0.05) is 56.2 Å². The molecule has 40 heavy (non-hydrogen) atoms. The summed E-state index contributed by atoms with van der Waals surface area (Å²) in [6.07, 6.45) is 1.65. The first-order chi connectivity index (χ1) is 19.1. The Balaban J connectivity index is 1.46. The number of piperazine rings is 1. The number of rotatable bonds is 8. The second-order valence-electron chi connectivity index (χ2n) is 9.72. The van der Waals surface area contributed by atoms with E-state index >= 15 is 0 Å². The average Bonchev–Trinajstić information content (AvgIpc) is 3.29. The maximum absolute atomic E-state index is 14.4. The molecular weight excluding hydrogens is 538 g/mol. The van der Waals surface area contributed by atoms with Crippen molar-refractivity contribution in [2.45, 2.75) is 19.9 Å². The van der Waals surface area contributed by atoms with Crippen LogP contribution in [0.15, 0.2) is 42.6 Å². The molecule has 0 saturated carbocycles. The lowest BCUT2D eigenvalue weighted by Crippen LogP contribution is -2.48. The van der Waals surface area contributed by atoms with Crippen LogP contribution in [0.4, 0.5) is 37.6 Å². The van der Waals surface area contributed by atoms with Gasteiger partial charge in [0.25, 0.3) is 5.91 Å². The molecule has 1 aliphatic heterocycles.